The molecule has 2 atom stereocenters. The Kier molecular flexibility index (Phi) is 5.75. The Hall–Kier alpha value is -1.35. The second kappa shape index (κ2) is 6.89. The zero-order valence-electron chi connectivity index (χ0n) is 10.9. The summed E-state index contributed by atoms with van der Waals surface area (Å²) in [5.74, 6) is -1.67. The minimum atomic E-state index is -4.49. The molecule has 0 unspecified atom stereocenters. The maximum absolute atomic E-state index is 12.0. The van der Waals surface area contributed by atoms with Crippen LogP contribution >= 0.6 is 0 Å². The first-order valence-electron chi connectivity index (χ1n) is 5.99. The predicted molar refractivity (Wildman–Crippen MR) is 60.0 cm³/mol. The third-order valence-corrected chi connectivity index (χ3v) is 2.70. The molecule has 1 saturated heterocycles. The van der Waals surface area contributed by atoms with Crippen molar-refractivity contribution in [1.82, 2.24) is 4.90 Å². The summed E-state index contributed by atoms with van der Waals surface area (Å²) in [4.78, 5) is 23.7. The molecule has 1 aliphatic rings. The summed E-state index contributed by atoms with van der Waals surface area (Å²) in [5.41, 5.74) is 0. The van der Waals surface area contributed by atoms with Gasteiger partial charge in [0, 0.05) is 13.1 Å². The van der Waals surface area contributed by atoms with Gasteiger partial charge in [-0.25, -0.2) is 0 Å². The Bertz CT molecular complexity index is 360. The quantitative estimate of drug-likeness (QED) is 0.807. The number of alkyl halides is 3. The molecule has 0 spiro atoms. The first-order valence-corrected chi connectivity index (χ1v) is 5.99. The molecule has 0 aliphatic carbocycles. The van der Waals surface area contributed by atoms with Gasteiger partial charge in [0.1, 0.15) is 12.7 Å². The highest BCUT2D eigenvalue weighted by Crippen LogP contribution is 2.17. The smallest absolute Gasteiger partial charge is 0.411 e. The number of ether oxygens (including phenoxy) is 2. The Morgan fingerprint density at radius 2 is 2.15 bits per heavy atom. The van der Waals surface area contributed by atoms with Gasteiger partial charge in [0.2, 0.25) is 0 Å². The zero-order chi connectivity index (χ0) is 15.3. The van der Waals surface area contributed by atoms with Crippen molar-refractivity contribution in [2.24, 2.45) is 0 Å². The second-order valence-corrected chi connectivity index (χ2v) is 4.44. The molecule has 20 heavy (non-hydrogen) atoms. The van der Waals surface area contributed by atoms with E-state index < -0.39 is 36.9 Å². The molecular formula is C11H16F3NO5. The number of aliphatic carboxylic acids is 1. The molecule has 0 radical (unpaired) electrons. The van der Waals surface area contributed by atoms with Crippen molar-refractivity contribution >= 4 is 11.9 Å². The second-order valence-electron chi connectivity index (χ2n) is 4.44. The van der Waals surface area contributed by atoms with E-state index in [9.17, 15) is 22.8 Å². The molecule has 0 saturated carbocycles. The number of carbonyl (C=O) groups is 2. The first kappa shape index (κ1) is 16.7. The van der Waals surface area contributed by atoms with Crippen LogP contribution in [0.4, 0.5) is 13.2 Å². The van der Waals surface area contributed by atoms with Crippen molar-refractivity contribution in [2.45, 2.75) is 31.7 Å². The van der Waals surface area contributed by atoms with Crippen LogP contribution in [0.25, 0.3) is 0 Å². The lowest BCUT2D eigenvalue weighted by molar-refractivity contribution is -0.190. The molecule has 1 aliphatic heterocycles. The third-order valence-electron chi connectivity index (χ3n) is 2.70. The molecule has 1 N–H and O–H groups in total. The van der Waals surface area contributed by atoms with E-state index in [4.69, 9.17) is 9.84 Å². The minimum Gasteiger partial charge on any atom is -0.481 e. The van der Waals surface area contributed by atoms with Gasteiger partial charge in [-0.2, -0.15) is 13.2 Å². The van der Waals surface area contributed by atoms with Gasteiger partial charge >= 0.3 is 12.1 Å². The van der Waals surface area contributed by atoms with E-state index in [1.165, 1.54) is 11.8 Å². The number of hydrogen-bond acceptors (Lipinski definition) is 4. The third kappa shape index (κ3) is 5.74. The van der Waals surface area contributed by atoms with Crippen molar-refractivity contribution in [2.75, 3.05) is 26.3 Å². The summed E-state index contributed by atoms with van der Waals surface area (Å²) >= 11 is 0. The normalized spacial score (nSPS) is 21.6. The van der Waals surface area contributed by atoms with Crippen molar-refractivity contribution in [1.29, 1.82) is 0 Å². The number of carboxylic acid groups (broad SMARTS) is 1. The largest absolute Gasteiger partial charge is 0.481 e. The van der Waals surface area contributed by atoms with Gasteiger partial charge in [-0.05, 0) is 6.92 Å². The molecule has 9 heteroatoms. The van der Waals surface area contributed by atoms with E-state index in [1.54, 1.807) is 0 Å². The van der Waals surface area contributed by atoms with Crippen LogP contribution in [0.2, 0.25) is 0 Å². The van der Waals surface area contributed by atoms with Crippen LogP contribution in [0, 0.1) is 0 Å². The fourth-order valence-electron chi connectivity index (χ4n) is 1.79. The molecule has 0 bridgehead atoms. The number of hydrogen-bond donors (Lipinski definition) is 1. The molecule has 116 valence electrons. The lowest BCUT2D eigenvalue weighted by Crippen LogP contribution is -2.50. The van der Waals surface area contributed by atoms with Crippen molar-refractivity contribution < 1.29 is 37.3 Å². The molecule has 1 amide bonds. The van der Waals surface area contributed by atoms with Gasteiger partial charge < -0.3 is 19.5 Å². The van der Waals surface area contributed by atoms with E-state index in [0.29, 0.717) is 0 Å². The van der Waals surface area contributed by atoms with Gasteiger partial charge in [0.25, 0.3) is 5.91 Å². The summed E-state index contributed by atoms with van der Waals surface area (Å²) in [7, 11) is 0. The minimum absolute atomic E-state index is 0.0326. The Balaban J connectivity index is 2.47. The maximum atomic E-state index is 12.0. The van der Waals surface area contributed by atoms with Crippen LogP contribution in [0.15, 0.2) is 0 Å². The molecule has 0 aromatic rings. The summed E-state index contributed by atoms with van der Waals surface area (Å²) in [6.07, 6.45) is -6.65. The van der Waals surface area contributed by atoms with Crippen LogP contribution < -0.4 is 0 Å². The highest BCUT2D eigenvalue weighted by molar-refractivity contribution is 5.80. The summed E-state index contributed by atoms with van der Waals surface area (Å²) in [6.45, 7) is 0.119. The predicted octanol–water partition coefficient (Wildman–Crippen LogP) is 0.656. The van der Waals surface area contributed by atoms with E-state index in [1.807, 2.05) is 0 Å². The van der Waals surface area contributed by atoms with Gasteiger partial charge in [0.05, 0.1) is 19.1 Å². The van der Waals surface area contributed by atoms with Gasteiger partial charge in [-0.15, -0.1) is 0 Å². The van der Waals surface area contributed by atoms with Crippen LogP contribution in [-0.2, 0) is 19.1 Å². The zero-order valence-corrected chi connectivity index (χ0v) is 10.9. The first-order chi connectivity index (χ1) is 9.19. The molecular weight excluding hydrogens is 283 g/mol. The molecule has 0 aromatic carbocycles. The lowest BCUT2D eigenvalue weighted by atomic mass is 10.2. The number of halogens is 3. The van der Waals surface area contributed by atoms with E-state index >= 15 is 0 Å². The molecule has 1 fully saturated rings. The van der Waals surface area contributed by atoms with Crippen LogP contribution in [-0.4, -0.2) is 66.6 Å². The highest BCUT2D eigenvalue weighted by Gasteiger charge is 2.33. The van der Waals surface area contributed by atoms with Gasteiger partial charge in [-0.1, -0.05) is 0 Å². The number of rotatable bonds is 5. The Labute approximate surface area is 113 Å². The number of nitrogens with zero attached hydrogens (tertiary/aromatic N) is 1. The number of carboxylic acids is 1. The number of morpholine rings is 1. The lowest BCUT2D eigenvalue weighted by Gasteiger charge is -2.33. The average molecular weight is 299 g/mol. The van der Waals surface area contributed by atoms with Gasteiger partial charge in [0.15, 0.2) is 0 Å². The monoisotopic (exact) mass is 299 g/mol. The fourth-order valence-corrected chi connectivity index (χ4v) is 1.79. The Morgan fingerprint density at radius 1 is 1.50 bits per heavy atom. The molecule has 1 rings (SSSR count). The van der Waals surface area contributed by atoms with Crippen LogP contribution in [0.1, 0.15) is 13.3 Å². The number of amides is 1. The van der Waals surface area contributed by atoms with Crippen molar-refractivity contribution in [3.63, 3.8) is 0 Å². The maximum Gasteiger partial charge on any atom is 0.411 e. The van der Waals surface area contributed by atoms with E-state index in [-0.39, 0.29) is 26.1 Å². The average Bonchev–Trinajstić information content (AvgIpc) is 2.33. The standard InChI is InChI=1S/C11H16F3NO5/c1-7(20-6-11(12,13)14)10(18)15-2-3-19-8(5-15)4-9(16)17/h7-8H,2-6H2,1H3,(H,16,17)/t7-,8+/m0/s1. The van der Waals surface area contributed by atoms with E-state index in [2.05, 4.69) is 4.74 Å². The summed E-state index contributed by atoms with van der Waals surface area (Å²) in [5, 5.41) is 8.64. The molecule has 6 nitrogen and oxygen atoms in total. The molecule has 0 aromatic heterocycles. The fraction of sp³-hybridized carbons (Fsp3) is 0.818. The topological polar surface area (TPSA) is 76.1 Å². The summed E-state index contributed by atoms with van der Waals surface area (Å²) < 4.78 is 45.6. The van der Waals surface area contributed by atoms with Crippen molar-refractivity contribution in [3.8, 4) is 0 Å². The van der Waals surface area contributed by atoms with E-state index in [0.717, 1.165) is 0 Å². The van der Waals surface area contributed by atoms with Crippen LogP contribution in [0.5, 0.6) is 0 Å². The Morgan fingerprint density at radius 3 is 2.70 bits per heavy atom. The van der Waals surface area contributed by atoms with Gasteiger partial charge in [-0.3, -0.25) is 9.59 Å². The molecule has 1 heterocycles. The van der Waals surface area contributed by atoms with Crippen molar-refractivity contribution in [3.05, 3.63) is 0 Å². The SMILES string of the molecule is C[C@H](OCC(F)(F)F)C(=O)N1CCO[C@H](CC(=O)O)C1. The number of carbonyl (C=O) groups excluding carboxylic acids is 1. The summed E-state index contributed by atoms with van der Waals surface area (Å²) in [6, 6.07) is 0. The highest BCUT2D eigenvalue weighted by atomic mass is 19.4. The van der Waals surface area contributed by atoms with Crippen LogP contribution in [0.3, 0.4) is 0 Å².